The number of esters is 1. The number of carbonyl (C=O) groups is 3. The summed E-state index contributed by atoms with van der Waals surface area (Å²) in [5, 5.41) is 0. The lowest BCUT2D eigenvalue weighted by atomic mass is 10.1. The van der Waals surface area contributed by atoms with Crippen molar-refractivity contribution in [2.24, 2.45) is 0 Å². The van der Waals surface area contributed by atoms with Gasteiger partial charge in [-0.15, -0.1) is 0 Å². The fraction of sp³-hybridized carbons (Fsp3) is 0.105. The van der Waals surface area contributed by atoms with Gasteiger partial charge < -0.3 is 4.74 Å². The zero-order valence-electron chi connectivity index (χ0n) is 13.9. The van der Waals surface area contributed by atoms with Crippen molar-refractivity contribution in [1.82, 2.24) is 0 Å². The molecule has 0 atom stereocenters. The number of anilines is 1. The number of rotatable bonds is 3. The van der Waals surface area contributed by atoms with Gasteiger partial charge in [0.15, 0.2) is 0 Å². The third-order valence-electron chi connectivity index (χ3n) is 3.99. The Balaban J connectivity index is 2.15. The average molecular weight is 375 g/mol. The van der Waals surface area contributed by atoms with Crippen LogP contribution >= 0.6 is 0 Å². The lowest BCUT2D eigenvalue weighted by Crippen LogP contribution is -2.30. The number of amides is 2. The minimum atomic E-state index is -4.67. The smallest absolute Gasteiger partial charge is 0.416 e. The van der Waals surface area contributed by atoms with Crippen LogP contribution in [0.25, 0.3) is 6.08 Å². The molecule has 0 unspecified atom stereocenters. The molecule has 1 aliphatic rings. The zero-order valence-corrected chi connectivity index (χ0v) is 13.9. The summed E-state index contributed by atoms with van der Waals surface area (Å²) in [6.07, 6.45) is -2.49. The molecule has 27 heavy (non-hydrogen) atoms. The molecule has 138 valence electrons. The maximum Gasteiger partial charge on any atom is 0.416 e. The van der Waals surface area contributed by atoms with Crippen LogP contribution in [0, 0.1) is 0 Å². The Morgan fingerprint density at radius 2 is 1.63 bits per heavy atom. The number of methoxy groups -OCH3 is 1. The van der Waals surface area contributed by atoms with E-state index in [9.17, 15) is 27.6 Å². The number of nitrogens with zero attached hydrogens (tertiary/aromatic N) is 1. The number of fused-ring (bicyclic) bond motifs is 1. The second-order valence-electron chi connectivity index (χ2n) is 5.62. The third-order valence-corrected chi connectivity index (χ3v) is 3.99. The van der Waals surface area contributed by atoms with Crippen molar-refractivity contribution in [1.29, 1.82) is 0 Å². The monoisotopic (exact) mass is 375 g/mol. The number of halogens is 3. The minimum Gasteiger partial charge on any atom is -0.466 e. The summed E-state index contributed by atoms with van der Waals surface area (Å²) in [4.78, 5) is 37.2. The molecule has 2 amide bonds. The van der Waals surface area contributed by atoms with Gasteiger partial charge in [-0.25, -0.2) is 9.69 Å². The predicted octanol–water partition coefficient (Wildman–Crippen LogP) is 3.69. The summed E-state index contributed by atoms with van der Waals surface area (Å²) in [6.45, 7) is 0. The third kappa shape index (κ3) is 3.33. The molecule has 2 aromatic rings. The molecule has 0 aromatic heterocycles. The molecule has 0 fully saturated rings. The second kappa shape index (κ2) is 6.71. The number of ether oxygens (including phenoxy) is 1. The molecule has 8 heteroatoms. The maximum absolute atomic E-state index is 13.1. The number of benzene rings is 2. The lowest BCUT2D eigenvalue weighted by Gasteiger charge is -2.19. The summed E-state index contributed by atoms with van der Waals surface area (Å²) in [7, 11) is 1.14. The molecule has 5 nitrogen and oxygen atoms in total. The van der Waals surface area contributed by atoms with Crippen LogP contribution in [0.5, 0.6) is 0 Å². The molecular weight excluding hydrogens is 363 g/mol. The van der Waals surface area contributed by atoms with Gasteiger partial charge in [-0.2, -0.15) is 13.2 Å². The van der Waals surface area contributed by atoms with Gasteiger partial charge in [0, 0.05) is 6.08 Å². The number of imide groups is 1. The van der Waals surface area contributed by atoms with E-state index in [1.54, 1.807) is 12.1 Å². The summed E-state index contributed by atoms with van der Waals surface area (Å²) in [5.41, 5.74) is -1.01. The van der Waals surface area contributed by atoms with Gasteiger partial charge in [0.25, 0.3) is 11.8 Å². The summed E-state index contributed by atoms with van der Waals surface area (Å²) in [5.74, 6) is -2.20. The van der Waals surface area contributed by atoms with Crippen molar-refractivity contribution in [3.63, 3.8) is 0 Å². The van der Waals surface area contributed by atoms with Gasteiger partial charge in [0.2, 0.25) is 0 Å². The number of hydrogen-bond acceptors (Lipinski definition) is 4. The normalized spacial score (nSPS) is 14.0. The highest BCUT2D eigenvalue weighted by Gasteiger charge is 2.39. The molecule has 0 aliphatic carbocycles. The van der Waals surface area contributed by atoms with Gasteiger partial charge in [-0.05, 0) is 35.9 Å². The molecule has 0 radical (unpaired) electrons. The average Bonchev–Trinajstić information content (AvgIpc) is 2.90. The number of carbonyl (C=O) groups excluding carboxylic acids is 3. The lowest BCUT2D eigenvalue weighted by molar-refractivity contribution is -0.137. The van der Waals surface area contributed by atoms with E-state index in [1.165, 1.54) is 18.2 Å². The number of alkyl halides is 3. The van der Waals surface area contributed by atoms with Gasteiger partial charge in [-0.3, -0.25) is 9.59 Å². The topological polar surface area (TPSA) is 63.7 Å². The molecule has 3 rings (SSSR count). The van der Waals surface area contributed by atoms with E-state index in [1.807, 2.05) is 0 Å². The first-order chi connectivity index (χ1) is 12.7. The fourth-order valence-electron chi connectivity index (χ4n) is 2.69. The molecule has 1 heterocycles. The van der Waals surface area contributed by atoms with E-state index in [2.05, 4.69) is 4.74 Å². The first kappa shape index (κ1) is 18.4. The van der Waals surface area contributed by atoms with Crippen molar-refractivity contribution < 1.29 is 32.3 Å². The van der Waals surface area contributed by atoms with Crippen LogP contribution in [-0.2, 0) is 15.7 Å². The van der Waals surface area contributed by atoms with E-state index < -0.39 is 29.5 Å². The van der Waals surface area contributed by atoms with Crippen LogP contribution in [0.3, 0.4) is 0 Å². The molecule has 0 saturated carbocycles. The van der Waals surface area contributed by atoms with Crippen LogP contribution in [0.4, 0.5) is 18.9 Å². The van der Waals surface area contributed by atoms with E-state index in [0.717, 1.165) is 25.3 Å². The molecule has 0 bridgehead atoms. The Morgan fingerprint density at radius 3 is 2.15 bits per heavy atom. The van der Waals surface area contributed by atoms with E-state index >= 15 is 0 Å². The van der Waals surface area contributed by atoms with Gasteiger partial charge in [-0.1, -0.05) is 18.2 Å². The molecule has 1 aliphatic heterocycles. The van der Waals surface area contributed by atoms with Crippen molar-refractivity contribution in [3.05, 3.63) is 70.8 Å². The molecular formula is C19H12F3NO4. The predicted molar refractivity (Wildman–Crippen MR) is 90.1 cm³/mol. The molecule has 0 saturated heterocycles. The number of hydrogen-bond donors (Lipinski definition) is 0. The quantitative estimate of drug-likeness (QED) is 0.466. The van der Waals surface area contributed by atoms with Crippen molar-refractivity contribution in [2.45, 2.75) is 6.18 Å². The van der Waals surface area contributed by atoms with Crippen LogP contribution in [0.15, 0.2) is 48.5 Å². The van der Waals surface area contributed by atoms with Crippen LogP contribution in [0.2, 0.25) is 0 Å². The largest absolute Gasteiger partial charge is 0.466 e. The highest BCUT2D eigenvalue weighted by molar-refractivity contribution is 6.34. The van der Waals surface area contributed by atoms with E-state index in [0.29, 0.717) is 11.0 Å². The van der Waals surface area contributed by atoms with Crippen molar-refractivity contribution in [3.8, 4) is 0 Å². The first-order valence-electron chi connectivity index (χ1n) is 7.69. The van der Waals surface area contributed by atoms with Gasteiger partial charge in [0.1, 0.15) is 0 Å². The van der Waals surface area contributed by atoms with Gasteiger partial charge >= 0.3 is 12.1 Å². The zero-order chi connectivity index (χ0) is 19.8. The Bertz CT molecular complexity index is 944. The maximum atomic E-state index is 13.1. The standard InChI is InChI=1S/C19H12F3NO4/c1-27-16(24)9-7-11-6-8-12(19(20,21)22)10-15(11)23-17(25)13-4-2-3-5-14(13)18(23)26/h2-10H,1H3. The molecule has 0 N–H and O–H groups in total. The van der Waals surface area contributed by atoms with Crippen LogP contribution in [-0.4, -0.2) is 24.9 Å². The van der Waals surface area contributed by atoms with Crippen LogP contribution < -0.4 is 4.90 Å². The SMILES string of the molecule is COC(=O)C=Cc1ccc(C(F)(F)F)cc1N1C(=O)c2ccccc2C1=O. The Morgan fingerprint density at radius 1 is 1.04 bits per heavy atom. The summed E-state index contributed by atoms with van der Waals surface area (Å²) >= 11 is 0. The first-order valence-corrected chi connectivity index (χ1v) is 7.69. The van der Waals surface area contributed by atoms with Crippen LogP contribution in [0.1, 0.15) is 31.8 Å². The minimum absolute atomic E-state index is 0.0860. The molecule has 2 aromatic carbocycles. The van der Waals surface area contributed by atoms with E-state index in [-0.39, 0.29) is 22.4 Å². The highest BCUT2D eigenvalue weighted by atomic mass is 19.4. The Hall–Kier alpha value is -3.42. The van der Waals surface area contributed by atoms with Crippen molar-refractivity contribution >= 4 is 29.5 Å². The Kier molecular flexibility index (Phi) is 4.57. The highest BCUT2D eigenvalue weighted by Crippen LogP contribution is 2.37. The van der Waals surface area contributed by atoms with E-state index in [4.69, 9.17) is 0 Å². The van der Waals surface area contributed by atoms with Crippen molar-refractivity contribution in [2.75, 3.05) is 12.0 Å². The fourth-order valence-corrected chi connectivity index (χ4v) is 2.69. The summed E-state index contributed by atoms with van der Waals surface area (Å²) in [6, 6.07) is 8.55. The second-order valence-corrected chi connectivity index (χ2v) is 5.62. The Labute approximate surface area is 151 Å². The van der Waals surface area contributed by atoms with Gasteiger partial charge in [0.05, 0.1) is 29.5 Å². The summed E-state index contributed by atoms with van der Waals surface area (Å²) < 4.78 is 43.9. The molecule has 0 spiro atoms.